The van der Waals surface area contributed by atoms with Crippen molar-refractivity contribution in [2.75, 3.05) is 0 Å². The molecule has 4 heteroatoms. The zero-order chi connectivity index (χ0) is 6.57. The summed E-state index contributed by atoms with van der Waals surface area (Å²) in [7, 11) is 0. The van der Waals surface area contributed by atoms with Crippen LogP contribution in [0.3, 0.4) is 0 Å². The molecule has 0 rings (SSSR count). The molecular weight excluding hydrogens is 239 g/mol. The Kier molecular flexibility index (Phi) is 10.4. The molecule has 48 valence electrons. The van der Waals surface area contributed by atoms with Crippen LogP contribution in [0.4, 0.5) is 0 Å². The van der Waals surface area contributed by atoms with Gasteiger partial charge in [0.2, 0.25) is 0 Å². The van der Waals surface area contributed by atoms with E-state index in [2.05, 4.69) is 0 Å². The Morgan fingerprint density at radius 1 is 1.89 bits per heavy atom. The molecule has 0 aromatic rings. The van der Waals surface area contributed by atoms with Gasteiger partial charge in [-0.05, 0) is 6.42 Å². The minimum absolute atomic E-state index is 0. The van der Waals surface area contributed by atoms with Crippen molar-refractivity contribution in [3.63, 3.8) is 0 Å². The zero-order valence-corrected chi connectivity index (χ0v) is 4.72. The third-order valence-electron chi connectivity index (χ3n) is 0.958. The zero-order valence-electron chi connectivity index (χ0n) is 4.72. The van der Waals surface area contributed by atoms with Crippen LogP contribution in [0.25, 0.3) is 0 Å². The molecule has 1 atom stereocenters. The van der Waals surface area contributed by atoms with E-state index in [1.165, 1.54) is 0 Å². The average molecular weight is 249 g/mol. The Morgan fingerprint density at radius 3 is 2.33 bits per heavy atom. The van der Waals surface area contributed by atoms with Crippen molar-refractivity contribution in [3.05, 3.63) is 0 Å². The number of hydrogen-bond donors (Lipinski definition) is 2. The van der Waals surface area contributed by atoms with Crippen molar-refractivity contribution in [1.82, 2.24) is 0 Å². The summed E-state index contributed by atoms with van der Waals surface area (Å²) in [5, 5.41) is 14.8. The summed E-state index contributed by atoms with van der Waals surface area (Å²) >= 11 is 0. The van der Waals surface area contributed by atoms with E-state index in [1.807, 2.05) is 0 Å². The Balaban J connectivity index is 0. The quantitative estimate of drug-likeness (QED) is 0.697. The average Bonchev–Trinajstić information content (AvgIpc) is 1.69. The maximum atomic E-state index is 10.0. The van der Waals surface area contributed by atoms with E-state index < -0.39 is 11.9 Å². The Morgan fingerprint density at radius 2 is 2.33 bits per heavy atom. The minimum atomic E-state index is -0.914. The molecule has 0 bridgehead atoms. The first kappa shape index (κ1) is 12.8. The molecule has 0 unspecified atom stereocenters. The summed E-state index contributed by atoms with van der Waals surface area (Å²) < 4.78 is 0. The van der Waals surface area contributed by atoms with E-state index in [1.54, 1.807) is 6.92 Å². The van der Waals surface area contributed by atoms with E-state index in [0.717, 1.165) is 6.21 Å². The van der Waals surface area contributed by atoms with Crippen LogP contribution < -0.4 is 0 Å². The van der Waals surface area contributed by atoms with Gasteiger partial charge in [-0.2, -0.15) is 0 Å². The molecule has 0 saturated carbocycles. The molecule has 0 aliphatic carbocycles. The molecule has 0 aromatic carbocycles. The third kappa shape index (κ3) is 5.63. The van der Waals surface area contributed by atoms with Crippen molar-refractivity contribution in [2.24, 2.45) is 5.92 Å². The molecule has 0 amide bonds. The van der Waals surface area contributed by atoms with E-state index in [4.69, 9.17) is 10.5 Å². The summed E-state index contributed by atoms with van der Waals surface area (Å²) in [4.78, 5) is 10.0. The van der Waals surface area contributed by atoms with Crippen molar-refractivity contribution < 1.29 is 9.90 Å². The SMILES string of the molecule is CC[C@@H](C=N)C(=O)O.[CsH]. The summed E-state index contributed by atoms with van der Waals surface area (Å²) in [6.07, 6.45) is 1.45. The van der Waals surface area contributed by atoms with E-state index in [9.17, 15) is 4.79 Å². The van der Waals surface area contributed by atoms with Gasteiger partial charge in [0.05, 0.1) is 5.92 Å². The number of nitrogens with one attached hydrogen (secondary N) is 1. The fourth-order valence-electron chi connectivity index (χ4n) is 0.364. The first-order valence-corrected chi connectivity index (χ1v) is 2.45. The molecule has 0 radical (unpaired) electrons. The molecule has 9 heavy (non-hydrogen) atoms. The third-order valence-corrected chi connectivity index (χ3v) is 0.958. The molecule has 0 heterocycles. The second-order valence-electron chi connectivity index (χ2n) is 1.52. The van der Waals surface area contributed by atoms with E-state index in [0.29, 0.717) is 6.42 Å². The van der Waals surface area contributed by atoms with Gasteiger partial charge in [-0.3, -0.25) is 4.79 Å². The molecule has 2 N–H and O–H groups in total. The van der Waals surface area contributed by atoms with Gasteiger partial charge in [0.1, 0.15) is 0 Å². The summed E-state index contributed by atoms with van der Waals surface area (Å²) in [6, 6.07) is 0. The molecule has 0 aliphatic heterocycles. The summed E-state index contributed by atoms with van der Waals surface area (Å²) in [5.74, 6) is -1.50. The topological polar surface area (TPSA) is 61.2 Å². The number of aliphatic carboxylic acids is 1. The fourth-order valence-corrected chi connectivity index (χ4v) is 0.364. The van der Waals surface area contributed by atoms with E-state index in [-0.39, 0.29) is 68.9 Å². The van der Waals surface area contributed by atoms with Gasteiger partial charge >= 0.3 is 74.9 Å². The van der Waals surface area contributed by atoms with Gasteiger partial charge in [-0.1, -0.05) is 6.92 Å². The van der Waals surface area contributed by atoms with Gasteiger partial charge in [-0.25, -0.2) is 0 Å². The second kappa shape index (κ2) is 7.30. The number of carboxylic acids is 1. The molecule has 0 fully saturated rings. The first-order chi connectivity index (χ1) is 3.72. The number of carbonyl (C=O) groups is 1. The van der Waals surface area contributed by atoms with Crippen LogP contribution in [-0.2, 0) is 4.79 Å². The van der Waals surface area contributed by atoms with Gasteiger partial charge in [0.25, 0.3) is 0 Å². The van der Waals surface area contributed by atoms with Gasteiger partial charge in [0.15, 0.2) is 0 Å². The van der Waals surface area contributed by atoms with Crippen molar-refractivity contribution in [3.8, 4) is 0 Å². The van der Waals surface area contributed by atoms with Crippen LogP contribution in [0.5, 0.6) is 0 Å². The van der Waals surface area contributed by atoms with Crippen LogP contribution in [0.1, 0.15) is 13.3 Å². The number of carboxylic acid groups (broad SMARTS) is 1. The molecular formula is C5H10CsNO2. The van der Waals surface area contributed by atoms with E-state index >= 15 is 0 Å². The summed E-state index contributed by atoms with van der Waals surface area (Å²) in [6.45, 7) is 1.74. The standard InChI is InChI=1S/C5H9NO2.Cs.H/c1-2-4(3-6)5(7)8;;/h3-4,6H,2H2,1H3,(H,7,8);;/t4-;;/m0../s1. The fraction of sp³-hybridized carbons (Fsp3) is 0.600. The Hall–Kier alpha value is 1.19. The molecule has 3 nitrogen and oxygen atoms in total. The first-order valence-electron chi connectivity index (χ1n) is 2.45. The van der Waals surface area contributed by atoms with Crippen LogP contribution in [-0.4, -0.2) is 86.2 Å². The Bertz CT molecular complexity index is 105. The number of hydrogen-bond acceptors (Lipinski definition) is 2. The van der Waals surface area contributed by atoms with Crippen LogP contribution >= 0.6 is 0 Å². The predicted molar refractivity (Wildman–Crippen MR) is 37.3 cm³/mol. The summed E-state index contributed by atoms with van der Waals surface area (Å²) in [5.41, 5.74) is 0. The van der Waals surface area contributed by atoms with Crippen LogP contribution in [0, 0.1) is 11.3 Å². The molecule has 0 saturated heterocycles. The number of rotatable bonds is 3. The van der Waals surface area contributed by atoms with Gasteiger partial charge < -0.3 is 10.5 Å². The van der Waals surface area contributed by atoms with Gasteiger partial charge in [-0.15, -0.1) is 0 Å². The Labute approximate surface area is 113 Å². The molecule has 0 spiro atoms. The maximum absolute atomic E-state index is 10.0. The molecule has 0 aliphatic rings. The van der Waals surface area contributed by atoms with Crippen molar-refractivity contribution in [2.45, 2.75) is 13.3 Å². The molecule has 0 aromatic heterocycles. The van der Waals surface area contributed by atoms with Gasteiger partial charge in [0, 0.05) is 6.21 Å². The predicted octanol–water partition coefficient (Wildman–Crippen LogP) is 0.0983. The van der Waals surface area contributed by atoms with Crippen molar-refractivity contribution >= 4 is 81.1 Å². The van der Waals surface area contributed by atoms with Crippen LogP contribution in [0.15, 0.2) is 0 Å². The normalized spacial score (nSPS) is 11.2. The van der Waals surface area contributed by atoms with Crippen LogP contribution in [0.2, 0.25) is 0 Å². The monoisotopic (exact) mass is 249 g/mol. The second-order valence-corrected chi connectivity index (χ2v) is 1.52. The van der Waals surface area contributed by atoms with Crippen molar-refractivity contribution in [1.29, 1.82) is 5.41 Å².